The quantitative estimate of drug-likeness (QED) is 0.700. The molecule has 102 valence electrons. The van der Waals surface area contributed by atoms with Crippen LogP contribution in [0.25, 0.3) is 10.2 Å². The van der Waals surface area contributed by atoms with Crippen molar-refractivity contribution in [3.8, 4) is 0 Å². The van der Waals surface area contributed by atoms with Crippen molar-refractivity contribution in [1.82, 2.24) is 9.88 Å². The highest BCUT2D eigenvalue weighted by atomic mass is 32.1. The smallest absolute Gasteiger partial charge is 0.116 e. The summed E-state index contributed by atoms with van der Waals surface area (Å²) in [6, 6.07) is 11.1. The molecule has 0 bridgehead atoms. The van der Waals surface area contributed by atoms with Gasteiger partial charge in [0.1, 0.15) is 5.01 Å². The van der Waals surface area contributed by atoms with Gasteiger partial charge in [0.15, 0.2) is 0 Å². The lowest BCUT2D eigenvalue weighted by molar-refractivity contribution is 0.229. The van der Waals surface area contributed by atoms with Gasteiger partial charge in [0.2, 0.25) is 0 Å². The van der Waals surface area contributed by atoms with E-state index in [0.29, 0.717) is 6.04 Å². The second-order valence-corrected chi connectivity index (χ2v) is 7.12. The van der Waals surface area contributed by atoms with E-state index in [0.717, 1.165) is 18.6 Å². The van der Waals surface area contributed by atoms with Gasteiger partial charge < -0.3 is 0 Å². The third-order valence-electron chi connectivity index (χ3n) is 4.01. The number of rotatable bonds is 2. The van der Waals surface area contributed by atoms with Gasteiger partial charge in [-0.15, -0.1) is 22.7 Å². The van der Waals surface area contributed by atoms with Crippen molar-refractivity contribution in [2.45, 2.75) is 19.4 Å². The molecule has 0 saturated heterocycles. The van der Waals surface area contributed by atoms with Crippen LogP contribution in [-0.2, 0) is 6.42 Å². The van der Waals surface area contributed by atoms with E-state index in [1.807, 2.05) is 22.7 Å². The lowest BCUT2D eigenvalue weighted by Gasteiger charge is -2.33. The first-order chi connectivity index (χ1) is 9.86. The summed E-state index contributed by atoms with van der Waals surface area (Å²) < 4.78 is 1.29. The van der Waals surface area contributed by atoms with E-state index in [9.17, 15) is 0 Å². The second kappa shape index (κ2) is 4.95. The molecule has 1 aromatic carbocycles. The Balaban J connectivity index is 1.86. The van der Waals surface area contributed by atoms with Crippen molar-refractivity contribution in [2.75, 3.05) is 13.1 Å². The molecule has 2 aromatic heterocycles. The molecule has 3 heterocycles. The van der Waals surface area contributed by atoms with Crippen molar-refractivity contribution in [3.63, 3.8) is 0 Å². The van der Waals surface area contributed by atoms with Gasteiger partial charge in [0.25, 0.3) is 0 Å². The van der Waals surface area contributed by atoms with Crippen LogP contribution in [0.4, 0.5) is 0 Å². The molecule has 3 aromatic rings. The lowest BCUT2D eigenvalue weighted by Crippen LogP contribution is -2.34. The highest BCUT2D eigenvalue weighted by Gasteiger charge is 2.31. The summed E-state index contributed by atoms with van der Waals surface area (Å²) in [5.41, 5.74) is 2.65. The minimum Gasteiger partial charge on any atom is -0.290 e. The Morgan fingerprint density at radius 3 is 3.05 bits per heavy atom. The number of fused-ring (bicyclic) bond motifs is 2. The third kappa shape index (κ3) is 1.91. The van der Waals surface area contributed by atoms with Crippen LogP contribution in [0, 0.1) is 0 Å². The molecule has 1 aliphatic rings. The Hall–Kier alpha value is -1.23. The van der Waals surface area contributed by atoms with Crippen molar-refractivity contribution in [3.05, 3.63) is 51.2 Å². The summed E-state index contributed by atoms with van der Waals surface area (Å²) >= 11 is 3.73. The minimum atomic E-state index is 0.362. The fourth-order valence-electron chi connectivity index (χ4n) is 2.97. The fourth-order valence-corrected chi connectivity index (χ4v) is 5.25. The molecule has 1 aliphatic heterocycles. The Morgan fingerprint density at radius 2 is 2.20 bits per heavy atom. The zero-order chi connectivity index (χ0) is 13.5. The highest BCUT2D eigenvalue weighted by Crippen LogP contribution is 2.40. The molecule has 0 fully saturated rings. The maximum absolute atomic E-state index is 4.90. The van der Waals surface area contributed by atoms with E-state index >= 15 is 0 Å². The average molecular weight is 300 g/mol. The summed E-state index contributed by atoms with van der Waals surface area (Å²) in [4.78, 5) is 8.95. The van der Waals surface area contributed by atoms with E-state index < -0.39 is 0 Å². The van der Waals surface area contributed by atoms with Crippen molar-refractivity contribution in [2.24, 2.45) is 0 Å². The van der Waals surface area contributed by atoms with E-state index in [2.05, 4.69) is 47.5 Å². The molecule has 0 N–H and O–H groups in total. The van der Waals surface area contributed by atoms with E-state index in [1.54, 1.807) is 0 Å². The molecule has 0 amide bonds. The molecule has 1 atom stereocenters. The van der Waals surface area contributed by atoms with Crippen LogP contribution in [0.5, 0.6) is 0 Å². The predicted molar refractivity (Wildman–Crippen MR) is 86.7 cm³/mol. The number of aromatic nitrogens is 1. The zero-order valence-corrected chi connectivity index (χ0v) is 13.0. The number of hydrogen-bond donors (Lipinski definition) is 0. The zero-order valence-electron chi connectivity index (χ0n) is 11.4. The summed E-state index contributed by atoms with van der Waals surface area (Å²) in [5.74, 6) is 0. The van der Waals surface area contributed by atoms with Gasteiger partial charge in [0.05, 0.1) is 16.3 Å². The van der Waals surface area contributed by atoms with Gasteiger partial charge in [-0.05, 0) is 42.1 Å². The molecular weight excluding hydrogens is 284 g/mol. The first kappa shape index (κ1) is 12.5. The van der Waals surface area contributed by atoms with Gasteiger partial charge in [-0.3, -0.25) is 4.90 Å². The first-order valence-electron chi connectivity index (χ1n) is 7.02. The van der Waals surface area contributed by atoms with Gasteiger partial charge in [-0.2, -0.15) is 0 Å². The summed E-state index contributed by atoms with van der Waals surface area (Å²) in [5, 5.41) is 3.47. The van der Waals surface area contributed by atoms with Crippen molar-refractivity contribution < 1.29 is 0 Å². The maximum atomic E-state index is 4.90. The Morgan fingerprint density at radius 1 is 1.30 bits per heavy atom. The van der Waals surface area contributed by atoms with Crippen LogP contribution < -0.4 is 0 Å². The molecular formula is C16H16N2S2. The van der Waals surface area contributed by atoms with Crippen molar-refractivity contribution >= 4 is 32.9 Å². The molecule has 4 rings (SSSR count). The summed E-state index contributed by atoms with van der Waals surface area (Å²) in [7, 11) is 0. The van der Waals surface area contributed by atoms with E-state index in [4.69, 9.17) is 4.98 Å². The molecule has 0 saturated carbocycles. The third-order valence-corrected chi connectivity index (χ3v) is 6.11. The number of likely N-dealkylation sites (N-methyl/N-ethyl adjacent to an activating group) is 1. The van der Waals surface area contributed by atoms with Crippen molar-refractivity contribution in [1.29, 1.82) is 0 Å². The Bertz CT molecular complexity index is 711. The lowest BCUT2D eigenvalue weighted by atomic mass is 10.0. The standard InChI is InChI=1S/C16H16N2S2/c1-2-18-9-7-11-8-10-19-15(11)14(18)16-17-12-5-3-4-6-13(12)20-16/h3-6,8,10,14H,2,7,9H2,1H3. The molecule has 4 heteroatoms. The maximum Gasteiger partial charge on any atom is 0.116 e. The van der Waals surface area contributed by atoms with E-state index in [-0.39, 0.29) is 0 Å². The van der Waals surface area contributed by atoms with E-state index in [1.165, 1.54) is 26.6 Å². The van der Waals surface area contributed by atoms with Crippen LogP contribution in [0.3, 0.4) is 0 Å². The summed E-state index contributed by atoms with van der Waals surface area (Å²) in [6.45, 7) is 4.47. The van der Waals surface area contributed by atoms with Crippen LogP contribution in [0.1, 0.15) is 28.4 Å². The Labute approximate surface area is 126 Å². The summed E-state index contributed by atoms with van der Waals surface area (Å²) in [6.07, 6.45) is 1.17. The van der Waals surface area contributed by atoms with Crippen LogP contribution in [0.2, 0.25) is 0 Å². The van der Waals surface area contributed by atoms with Crippen LogP contribution in [0.15, 0.2) is 35.7 Å². The van der Waals surface area contributed by atoms with Gasteiger partial charge >= 0.3 is 0 Å². The Kier molecular flexibility index (Phi) is 3.10. The average Bonchev–Trinajstić information content (AvgIpc) is 3.11. The monoisotopic (exact) mass is 300 g/mol. The van der Waals surface area contributed by atoms with Crippen LogP contribution in [-0.4, -0.2) is 23.0 Å². The topological polar surface area (TPSA) is 16.1 Å². The minimum absolute atomic E-state index is 0.362. The number of nitrogens with zero attached hydrogens (tertiary/aromatic N) is 2. The van der Waals surface area contributed by atoms with Gasteiger partial charge in [0, 0.05) is 11.4 Å². The van der Waals surface area contributed by atoms with Crippen LogP contribution >= 0.6 is 22.7 Å². The SMILES string of the molecule is CCN1CCc2ccsc2C1c1nc2ccccc2s1. The predicted octanol–water partition coefficient (Wildman–Crippen LogP) is 4.33. The number of thiophene rings is 1. The molecule has 0 aliphatic carbocycles. The van der Waals surface area contributed by atoms with Gasteiger partial charge in [-0.1, -0.05) is 19.1 Å². The molecule has 1 unspecified atom stereocenters. The highest BCUT2D eigenvalue weighted by molar-refractivity contribution is 7.18. The molecule has 20 heavy (non-hydrogen) atoms. The second-order valence-electron chi connectivity index (χ2n) is 5.11. The molecule has 2 nitrogen and oxygen atoms in total. The largest absolute Gasteiger partial charge is 0.290 e. The number of benzene rings is 1. The molecule has 0 spiro atoms. The first-order valence-corrected chi connectivity index (χ1v) is 8.72. The normalized spacial score (nSPS) is 19.4. The van der Waals surface area contributed by atoms with Gasteiger partial charge in [-0.25, -0.2) is 4.98 Å². The number of thiazole rings is 1. The number of hydrogen-bond acceptors (Lipinski definition) is 4. The fraction of sp³-hybridized carbons (Fsp3) is 0.312. The molecule has 0 radical (unpaired) electrons. The number of para-hydroxylation sites is 1.